The molecule has 0 aliphatic rings. The van der Waals surface area contributed by atoms with Gasteiger partial charge in [-0.15, -0.1) is 0 Å². The molecule has 0 saturated carbocycles. The maximum atomic E-state index is 14.0. The largest absolute Gasteiger partial charge is 0.392 e. The number of anilines is 1. The highest BCUT2D eigenvalue weighted by Gasteiger charge is 2.16. The molecular weight excluding hydrogens is 233 g/mol. The van der Waals surface area contributed by atoms with Gasteiger partial charge in [-0.05, 0) is 31.0 Å². The summed E-state index contributed by atoms with van der Waals surface area (Å²) >= 11 is 0. The summed E-state index contributed by atoms with van der Waals surface area (Å²) in [7, 11) is 1.64. The summed E-state index contributed by atoms with van der Waals surface area (Å²) in [6.45, 7) is 5.21. The zero-order chi connectivity index (χ0) is 13.5. The summed E-state index contributed by atoms with van der Waals surface area (Å²) in [5.41, 5.74) is 1.16. The van der Waals surface area contributed by atoms with Crippen molar-refractivity contribution in [2.24, 2.45) is 0 Å². The van der Waals surface area contributed by atoms with Crippen molar-refractivity contribution < 1.29 is 14.2 Å². The number of nitrogens with zero attached hydrogens (tertiary/aromatic N) is 1. The highest BCUT2D eigenvalue weighted by atomic mass is 19.1. The summed E-state index contributed by atoms with van der Waals surface area (Å²) in [5.74, 6) is -0.294. The van der Waals surface area contributed by atoms with Gasteiger partial charge in [-0.3, -0.25) is 0 Å². The predicted octanol–water partition coefficient (Wildman–Crippen LogP) is 2.57. The van der Waals surface area contributed by atoms with Crippen LogP contribution in [0.25, 0.3) is 0 Å². The number of ether oxygens (including phenoxy) is 1. The van der Waals surface area contributed by atoms with Crippen LogP contribution in [0.15, 0.2) is 18.2 Å². The van der Waals surface area contributed by atoms with Crippen LogP contribution in [0.2, 0.25) is 0 Å². The van der Waals surface area contributed by atoms with Gasteiger partial charge in [0, 0.05) is 19.7 Å². The van der Waals surface area contributed by atoms with E-state index in [9.17, 15) is 4.39 Å². The molecule has 1 aromatic rings. The lowest BCUT2D eigenvalue weighted by molar-refractivity contribution is 0.203. The van der Waals surface area contributed by atoms with E-state index in [1.165, 1.54) is 6.07 Å². The van der Waals surface area contributed by atoms with Crippen molar-refractivity contribution in [3.05, 3.63) is 29.6 Å². The van der Waals surface area contributed by atoms with E-state index < -0.39 is 0 Å². The van der Waals surface area contributed by atoms with Crippen molar-refractivity contribution in [1.29, 1.82) is 0 Å². The van der Waals surface area contributed by atoms with E-state index in [2.05, 4.69) is 13.8 Å². The minimum atomic E-state index is -0.294. The zero-order valence-electron chi connectivity index (χ0n) is 11.3. The number of rotatable bonds is 7. The molecule has 0 amide bonds. The van der Waals surface area contributed by atoms with Crippen LogP contribution in [0.4, 0.5) is 10.1 Å². The average molecular weight is 255 g/mol. The van der Waals surface area contributed by atoms with Gasteiger partial charge in [-0.1, -0.05) is 13.0 Å². The third-order valence-corrected chi connectivity index (χ3v) is 3.16. The van der Waals surface area contributed by atoms with Crippen molar-refractivity contribution >= 4 is 5.69 Å². The number of hydrogen-bond acceptors (Lipinski definition) is 3. The summed E-state index contributed by atoms with van der Waals surface area (Å²) in [6.07, 6.45) is 0.935. The van der Waals surface area contributed by atoms with Crippen LogP contribution >= 0.6 is 0 Å². The SMILES string of the molecule is CCC(C)N(CCOC)c1ccc(CO)cc1F. The van der Waals surface area contributed by atoms with Crippen molar-refractivity contribution in [2.45, 2.75) is 32.9 Å². The van der Waals surface area contributed by atoms with Crippen LogP contribution in [-0.4, -0.2) is 31.4 Å². The average Bonchev–Trinajstić information content (AvgIpc) is 2.39. The normalized spacial score (nSPS) is 12.5. The maximum Gasteiger partial charge on any atom is 0.146 e. The van der Waals surface area contributed by atoms with Crippen molar-refractivity contribution in [3.8, 4) is 0 Å². The fourth-order valence-corrected chi connectivity index (χ4v) is 1.87. The number of methoxy groups -OCH3 is 1. The second-order valence-electron chi connectivity index (χ2n) is 4.39. The first-order chi connectivity index (χ1) is 8.63. The van der Waals surface area contributed by atoms with Crippen molar-refractivity contribution in [1.82, 2.24) is 0 Å². The minimum Gasteiger partial charge on any atom is -0.392 e. The van der Waals surface area contributed by atoms with Crippen LogP contribution in [0, 0.1) is 5.82 Å². The predicted molar refractivity (Wildman–Crippen MR) is 71.3 cm³/mol. The van der Waals surface area contributed by atoms with Gasteiger partial charge in [-0.2, -0.15) is 0 Å². The third kappa shape index (κ3) is 3.68. The Labute approximate surface area is 108 Å². The van der Waals surface area contributed by atoms with Gasteiger partial charge in [0.1, 0.15) is 5.82 Å². The molecule has 0 bridgehead atoms. The third-order valence-electron chi connectivity index (χ3n) is 3.16. The first-order valence-electron chi connectivity index (χ1n) is 6.28. The molecule has 1 rings (SSSR count). The number of benzene rings is 1. The van der Waals surface area contributed by atoms with Gasteiger partial charge in [0.05, 0.1) is 18.9 Å². The Morgan fingerprint density at radius 2 is 2.17 bits per heavy atom. The van der Waals surface area contributed by atoms with E-state index in [0.29, 0.717) is 24.4 Å². The topological polar surface area (TPSA) is 32.7 Å². The second-order valence-corrected chi connectivity index (χ2v) is 4.39. The van der Waals surface area contributed by atoms with Crippen molar-refractivity contribution in [2.75, 3.05) is 25.2 Å². The highest BCUT2D eigenvalue weighted by Crippen LogP contribution is 2.23. The second kappa shape index (κ2) is 7.34. The molecule has 3 nitrogen and oxygen atoms in total. The molecule has 1 N–H and O–H groups in total. The lowest BCUT2D eigenvalue weighted by Crippen LogP contribution is -2.36. The van der Waals surface area contributed by atoms with E-state index in [0.717, 1.165) is 6.42 Å². The molecule has 1 aromatic carbocycles. The Morgan fingerprint density at radius 1 is 1.44 bits per heavy atom. The van der Waals surface area contributed by atoms with Crippen molar-refractivity contribution in [3.63, 3.8) is 0 Å². The molecule has 4 heteroatoms. The summed E-state index contributed by atoms with van der Waals surface area (Å²) in [6, 6.07) is 5.11. The Morgan fingerprint density at radius 3 is 2.67 bits per heavy atom. The Hall–Kier alpha value is -1.13. The molecule has 0 aliphatic carbocycles. The van der Waals surface area contributed by atoms with Crippen LogP contribution in [0.5, 0.6) is 0 Å². The molecule has 0 radical (unpaired) electrons. The first kappa shape index (κ1) is 14.9. The van der Waals surface area contributed by atoms with Crippen LogP contribution in [0.3, 0.4) is 0 Å². The Kier molecular flexibility index (Phi) is 6.09. The number of hydrogen-bond donors (Lipinski definition) is 1. The quantitative estimate of drug-likeness (QED) is 0.813. The molecule has 0 aromatic heterocycles. The number of aliphatic hydroxyl groups excluding tert-OH is 1. The monoisotopic (exact) mass is 255 g/mol. The Bertz CT molecular complexity index is 371. The van der Waals surface area contributed by atoms with Gasteiger partial charge in [0.15, 0.2) is 0 Å². The molecule has 0 fully saturated rings. The molecule has 0 spiro atoms. The molecular formula is C14H22FNO2. The smallest absolute Gasteiger partial charge is 0.146 e. The highest BCUT2D eigenvalue weighted by molar-refractivity contribution is 5.50. The number of aliphatic hydroxyl groups is 1. The molecule has 0 aliphatic heterocycles. The summed E-state index contributed by atoms with van der Waals surface area (Å²) in [5, 5.41) is 8.99. The fraction of sp³-hybridized carbons (Fsp3) is 0.571. The zero-order valence-corrected chi connectivity index (χ0v) is 11.3. The van der Waals surface area contributed by atoms with Gasteiger partial charge in [-0.25, -0.2) is 4.39 Å². The van der Waals surface area contributed by atoms with E-state index in [4.69, 9.17) is 9.84 Å². The maximum absolute atomic E-state index is 14.0. The van der Waals surface area contributed by atoms with Gasteiger partial charge in [0.2, 0.25) is 0 Å². The van der Waals surface area contributed by atoms with Crippen LogP contribution in [-0.2, 0) is 11.3 Å². The molecule has 1 atom stereocenters. The van der Waals surface area contributed by atoms with E-state index in [1.54, 1.807) is 19.2 Å². The van der Waals surface area contributed by atoms with E-state index in [1.807, 2.05) is 4.90 Å². The standard InChI is InChI=1S/C14H22FNO2/c1-4-11(2)16(7-8-18-3)14-6-5-12(10-17)9-13(14)15/h5-6,9,11,17H,4,7-8,10H2,1-3H3. The van der Waals surface area contributed by atoms with E-state index in [-0.39, 0.29) is 18.5 Å². The molecule has 1 unspecified atom stereocenters. The summed E-state index contributed by atoms with van der Waals surface area (Å²) in [4.78, 5) is 2.00. The minimum absolute atomic E-state index is 0.140. The molecule has 0 saturated heterocycles. The van der Waals surface area contributed by atoms with Gasteiger partial charge in [0.25, 0.3) is 0 Å². The molecule has 0 heterocycles. The van der Waals surface area contributed by atoms with E-state index >= 15 is 0 Å². The lowest BCUT2D eigenvalue weighted by atomic mass is 10.1. The first-order valence-corrected chi connectivity index (χ1v) is 6.28. The molecule has 18 heavy (non-hydrogen) atoms. The van der Waals surface area contributed by atoms with Gasteiger partial charge >= 0.3 is 0 Å². The van der Waals surface area contributed by atoms with Gasteiger partial charge < -0.3 is 14.7 Å². The Balaban J connectivity index is 2.96. The molecule has 102 valence electrons. The number of halogens is 1. The fourth-order valence-electron chi connectivity index (χ4n) is 1.87. The van der Waals surface area contributed by atoms with Crippen LogP contribution in [0.1, 0.15) is 25.8 Å². The lowest BCUT2D eigenvalue weighted by Gasteiger charge is -2.31. The van der Waals surface area contributed by atoms with Crippen LogP contribution < -0.4 is 4.90 Å². The summed E-state index contributed by atoms with van der Waals surface area (Å²) < 4.78 is 19.1.